The molecular weight excluding hydrogens is 164 g/mol. The van der Waals surface area contributed by atoms with Gasteiger partial charge in [0.1, 0.15) is 5.76 Å². The Morgan fingerprint density at radius 1 is 1.46 bits per heavy atom. The minimum absolute atomic E-state index is 0.168. The fourth-order valence-corrected chi connectivity index (χ4v) is 1.06. The molecule has 1 heterocycles. The maximum absolute atomic E-state index is 5.35. The highest BCUT2D eigenvalue weighted by Gasteiger charge is 2.08. The molecule has 0 atom stereocenters. The fraction of sp³-hybridized carbons (Fsp3) is 0.700. The van der Waals surface area contributed by atoms with Crippen LogP contribution in [-0.4, -0.2) is 17.1 Å². The Bertz CT molecular complexity index is 260. The number of nitrogens with one attached hydrogen (secondary N) is 1. The van der Waals surface area contributed by atoms with Crippen LogP contribution in [0.3, 0.4) is 0 Å². The molecule has 3 nitrogen and oxygen atoms in total. The van der Waals surface area contributed by atoms with Gasteiger partial charge in [-0.3, -0.25) is 0 Å². The van der Waals surface area contributed by atoms with E-state index in [0.717, 1.165) is 24.6 Å². The minimum Gasteiger partial charge on any atom is -0.446 e. The number of aromatic nitrogens is 1. The Labute approximate surface area is 79.5 Å². The van der Waals surface area contributed by atoms with Crippen LogP contribution < -0.4 is 5.32 Å². The highest BCUT2D eigenvalue weighted by atomic mass is 16.3. The van der Waals surface area contributed by atoms with Crippen molar-refractivity contribution < 1.29 is 4.42 Å². The summed E-state index contributed by atoms with van der Waals surface area (Å²) in [6.07, 6.45) is 2.61. The van der Waals surface area contributed by atoms with Crippen LogP contribution in [0.4, 0.5) is 0 Å². The van der Waals surface area contributed by atoms with Crippen molar-refractivity contribution in [3.05, 3.63) is 17.8 Å². The van der Waals surface area contributed by atoms with Gasteiger partial charge in [-0.2, -0.15) is 0 Å². The normalized spacial score (nSPS) is 12.0. The van der Waals surface area contributed by atoms with Crippen LogP contribution in [-0.2, 0) is 6.42 Å². The second kappa shape index (κ2) is 3.92. The summed E-state index contributed by atoms with van der Waals surface area (Å²) in [5.41, 5.74) is 0.168. The molecule has 0 aromatic carbocycles. The molecule has 0 bridgehead atoms. The highest BCUT2D eigenvalue weighted by molar-refractivity contribution is 4.91. The predicted molar refractivity (Wildman–Crippen MR) is 52.7 cm³/mol. The average molecular weight is 182 g/mol. The van der Waals surface area contributed by atoms with E-state index >= 15 is 0 Å². The molecule has 0 amide bonds. The lowest BCUT2D eigenvalue weighted by Gasteiger charge is -2.19. The summed E-state index contributed by atoms with van der Waals surface area (Å²) in [4.78, 5) is 4.13. The summed E-state index contributed by atoms with van der Waals surface area (Å²) in [6, 6.07) is 0. The fourth-order valence-electron chi connectivity index (χ4n) is 1.06. The van der Waals surface area contributed by atoms with Crippen LogP contribution in [0.5, 0.6) is 0 Å². The Kier molecular flexibility index (Phi) is 3.09. The Morgan fingerprint density at radius 3 is 2.62 bits per heavy atom. The van der Waals surface area contributed by atoms with Crippen LogP contribution in [0.25, 0.3) is 0 Å². The zero-order chi connectivity index (χ0) is 9.90. The van der Waals surface area contributed by atoms with Crippen LogP contribution in [0.1, 0.15) is 32.4 Å². The zero-order valence-corrected chi connectivity index (χ0v) is 8.85. The molecule has 0 fully saturated rings. The van der Waals surface area contributed by atoms with Crippen molar-refractivity contribution in [2.75, 3.05) is 6.54 Å². The van der Waals surface area contributed by atoms with Gasteiger partial charge in [-0.1, -0.05) is 0 Å². The first kappa shape index (κ1) is 10.3. The third kappa shape index (κ3) is 4.08. The third-order valence-corrected chi connectivity index (χ3v) is 1.66. The van der Waals surface area contributed by atoms with E-state index < -0.39 is 0 Å². The molecule has 0 saturated heterocycles. The van der Waals surface area contributed by atoms with Gasteiger partial charge in [0.25, 0.3) is 0 Å². The van der Waals surface area contributed by atoms with Crippen LogP contribution in [0.15, 0.2) is 10.6 Å². The van der Waals surface area contributed by atoms with Gasteiger partial charge in [-0.05, 0) is 27.7 Å². The number of rotatable bonds is 3. The molecule has 1 N–H and O–H groups in total. The van der Waals surface area contributed by atoms with Crippen molar-refractivity contribution in [1.29, 1.82) is 0 Å². The Morgan fingerprint density at radius 2 is 2.15 bits per heavy atom. The Hall–Kier alpha value is -0.830. The third-order valence-electron chi connectivity index (χ3n) is 1.66. The van der Waals surface area contributed by atoms with Crippen LogP contribution in [0, 0.1) is 6.92 Å². The monoisotopic (exact) mass is 182 g/mol. The molecule has 1 rings (SSSR count). The van der Waals surface area contributed by atoms with Gasteiger partial charge in [0.15, 0.2) is 5.89 Å². The number of hydrogen-bond donors (Lipinski definition) is 1. The molecule has 74 valence electrons. The summed E-state index contributed by atoms with van der Waals surface area (Å²) in [5, 5.41) is 3.38. The van der Waals surface area contributed by atoms with E-state index in [1.165, 1.54) is 0 Å². The van der Waals surface area contributed by atoms with E-state index in [-0.39, 0.29) is 5.54 Å². The highest BCUT2D eigenvalue weighted by Crippen LogP contribution is 2.03. The van der Waals surface area contributed by atoms with Gasteiger partial charge in [0.05, 0.1) is 6.20 Å². The van der Waals surface area contributed by atoms with Gasteiger partial charge >= 0.3 is 0 Å². The molecule has 0 spiro atoms. The number of nitrogens with zero attached hydrogens (tertiary/aromatic N) is 1. The van der Waals surface area contributed by atoms with Crippen molar-refractivity contribution in [1.82, 2.24) is 10.3 Å². The topological polar surface area (TPSA) is 38.1 Å². The second-order valence-electron chi connectivity index (χ2n) is 4.29. The van der Waals surface area contributed by atoms with E-state index in [0.29, 0.717) is 0 Å². The van der Waals surface area contributed by atoms with Gasteiger partial charge in [0, 0.05) is 18.5 Å². The van der Waals surface area contributed by atoms with Crippen molar-refractivity contribution in [2.24, 2.45) is 0 Å². The minimum atomic E-state index is 0.168. The van der Waals surface area contributed by atoms with Gasteiger partial charge in [-0.15, -0.1) is 0 Å². The first-order chi connectivity index (χ1) is 5.97. The molecule has 0 radical (unpaired) electrons. The molecule has 3 heteroatoms. The van der Waals surface area contributed by atoms with Crippen LogP contribution >= 0.6 is 0 Å². The molecule has 0 unspecified atom stereocenters. The summed E-state index contributed by atoms with van der Waals surface area (Å²) in [6.45, 7) is 9.26. The van der Waals surface area contributed by atoms with Crippen molar-refractivity contribution in [2.45, 2.75) is 39.7 Å². The first-order valence-corrected chi connectivity index (χ1v) is 4.64. The molecule has 13 heavy (non-hydrogen) atoms. The quantitative estimate of drug-likeness (QED) is 0.776. The smallest absolute Gasteiger partial charge is 0.195 e. The van der Waals surface area contributed by atoms with Gasteiger partial charge in [0.2, 0.25) is 0 Å². The predicted octanol–water partition coefficient (Wildman–Crippen LogP) is 1.91. The summed E-state index contributed by atoms with van der Waals surface area (Å²) >= 11 is 0. The zero-order valence-electron chi connectivity index (χ0n) is 8.85. The van der Waals surface area contributed by atoms with Crippen molar-refractivity contribution in [3.63, 3.8) is 0 Å². The van der Waals surface area contributed by atoms with E-state index in [1.54, 1.807) is 6.20 Å². The summed E-state index contributed by atoms with van der Waals surface area (Å²) in [7, 11) is 0. The largest absolute Gasteiger partial charge is 0.446 e. The summed E-state index contributed by atoms with van der Waals surface area (Å²) in [5.74, 6) is 1.69. The molecular formula is C10H18N2O. The SMILES string of the molecule is Cc1cnc(CCNC(C)(C)C)o1. The lowest BCUT2D eigenvalue weighted by atomic mass is 10.1. The number of aryl methyl sites for hydroxylation is 1. The number of oxazole rings is 1. The maximum atomic E-state index is 5.35. The maximum Gasteiger partial charge on any atom is 0.195 e. The lowest BCUT2D eigenvalue weighted by molar-refractivity contribution is 0.405. The van der Waals surface area contributed by atoms with Gasteiger partial charge < -0.3 is 9.73 Å². The summed E-state index contributed by atoms with van der Waals surface area (Å²) < 4.78 is 5.35. The van der Waals surface area contributed by atoms with Gasteiger partial charge in [-0.25, -0.2) is 4.98 Å². The lowest BCUT2D eigenvalue weighted by Crippen LogP contribution is -2.37. The molecule has 0 aliphatic carbocycles. The standard InChI is InChI=1S/C10H18N2O/c1-8-7-11-9(13-8)5-6-12-10(2,3)4/h7,12H,5-6H2,1-4H3. The van der Waals surface area contributed by atoms with E-state index in [1.807, 2.05) is 6.92 Å². The Balaban J connectivity index is 2.28. The van der Waals surface area contributed by atoms with E-state index in [4.69, 9.17) is 4.42 Å². The second-order valence-corrected chi connectivity index (χ2v) is 4.29. The van der Waals surface area contributed by atoms with Crippen molar-refractivity contribution >= 4 is 0 Å². The molecule has 0 aliphatic rings. The molecule has 1 aromatic heterocycles. The van der Waals surface area contributed by atoms with Crippen molar-refractivity contribution in [3.8, 4) is 0 Å². The number of hydrogen-bond acceptors (Lipinski definition) is 3. The van der Waals surface area contributed by atoms with Crippen LogP contribution in [0.2, 0.25) is 0 Å². The molecule has 1 aromatic rings. The molecule has 0 aliphatic heterocycles. The first-order valence-electron chi connectivity index (χ1n) is 4.64. The molecule has 0 saturated carbocycles. The average Bonchev–Trinajstić information content (AvgIpc) is 2.33. The van der Waals surface area contributed by atoms with E-state index in [9.17, 15) is 0 Å². The van der Waals surface area contributed by atoms with E-state index in [2.05, 4.69) is 31.1 Å².